The summed E-state index contributed by atoms with van der Waals surface area (Å²) in [7, 11) is 1.54. The number of nitrogens with one attached hydrogen (secondary N) is 1. The molecule has 1 aromatic heterocycles. The number of hydrogen-bond acceptors (Lipinski definition) is 4. The van der Waals surface area contributed by atoms with Crippen LogP contribution in [0.1, 0.15) is 5.56 Å². The molecule has 19 heavy (non-hydrogen) atoms. The zero-order valence-corrected chi connectivity index (χ0v) is 10.7. The third-order valence-electron chi connectivity index (χ3n) is 2.32. The summed E-state index contributed by atoms with van der Waals surface area (Å²) in [4.78, 5) is 13.1. The third-order valence-corrected chi connectivity index (χ3v) is 2.93. The molecule has 0 radical (unpaired) electrons. The number of carbonyl (C=O) groups excluding carboxylic acids is 1. The second-order valence-electron chi connectivity index (χ2n) is 3.78. The van der Waals surface area contributed by atoms with Crippen LogP contribution in [0.15, 0.2) is 23.7 Å². The van der Waals surface area contributed by atoms with Gasteiger partial charge in [0.15, 0.2) is 11.6 Å². The predicted molar refractivity (Wildman–Crippen MR) is 66.8 cm³/mol. The molecule has 1 aromatic carbocycles. The van der Waals surface area contributed by atoms with E-state index in [9.17, 15) is 13.6 Å². The van der Waals surface area contributed by atoms with Crippen molar-refractivity contribution >= 4 is 22.5 Å². The van der Waals surface area contributed by atoms with Crippen LogP contribution in [0.25, 0.3) is 0 Å². The molecular formula is C11H10F2N4OS. The summed E-state index contributed by atoms with van der Waals surface area (Å²) in [5.74, 6) is -1.85. The molecule has 0 saturated heterocycles. The Bertz CT molecular complexity index is 576. The van der Waals surface area contributed by atoms with Crippen LogP contribution in [0.5, 0.6) is 0 Å². The summed E-state index contributed by atoms with van der Waals surface area (Å²) in [5, 5.41) is 10.2. The number of halogens is 2. The van der Waals surface area contributed by atoms with Gasteiger partial charge in [-0.05, 0) is 17.7 Å². The highest BCUT2D eigenvalue weighted by molar-refractivity contribution is 7.13. The number of benzene rings is 1. The fraction of sp³-hybridized carbons (Fsp3) is 0.182. The quantitative estimate of drug-likeness (QED) is 0.942. The van der Waals surface area contributed by atoms with Gasteiger partial charge >= 0.3 is 6.03 Å². The Labute approximate surface area is 111 Å². The lowest BCUT2D eigenvalue weighted by atomic mass is 10.2. The number of rotatable bonds is 3. The van der Waals surface area contributed by atoms with Crippen LogP contribution in [0.3, 0.4) is 0 Å². The van der Waals surface area contributed by atoms with Crippen LogP contribution in [-0.2, 0) is 6.54 Å². The lowest BCUT2D eigenvalue weighted by molar-refractivity contribution is 0.220. The van der Waals surface area contributed by atoms with E-state index >= 15 is 0 Å². The van der Waals surface area contributed by atoms with Gasteiger partial charge in [0.25, 0.3) is 0 Å². The smallest absolute Gasteiger partial charge is 0.323 e. The minimum absolute atomic E-state index is 0.155. The molecule has 0 aliphatic rings. The standard InChI is InChI=1S/C11H10F2N4OS/c1-17(11(18)15-10-16-14-6-19-10)5-7-2-3-8(12)9(13)4-7/h2-4,6H,5H2,1H3,(H,15,16,18). The Kier molecular flexibility index (Phi) is 4.00. The topological polar surface area (TPSA) is 58.1 Å². The molecule has 1 heterocycles. The molecule has 0 unspecified atom stereocenters. The Balaban J connectivity index is 1.98. The molecule has 0 saturated carbocycles. The molecule has 0 aliphatic carbocycles. The van der Waals surface area contributed by atoms with Crippen molar-refractivity contribution in [2.45, 2.75) is 6.54 Å². The Morgan fingerprint density at radius 2 is 2.21 bits per heavy atom. The first-order valence-corrected chi connectivity index (χ1v) is 6.16. The van der Waals surface area contributed by atoms with Crippen molar-refractivity contribution in [3.63, 3.8) is 0 Å². The van der Waals surface area contributed by atoms with E-state index < -0.39 is 17.7 Å². The van der Waals surface area contributed by atoms with Crippen molar-refractivity contribution in [1.29, 1.82) is 0 Å². The van der Waals surface area contributed by atoms with E-state index in [4.69, 9.17) is 0 Å². The summed E-state index contributed by atoms with van der Waals surface area (Å²) < 4.78 is 25.8. The second kappa shape index (κ2) is 5.70. The van der Waals surface area contributed by atoms with Gasteiger partial charge in [-0.1, -0.05) is 17.4 Å². The highest BCUT2D eigenvalue weighted by Crippen LogP contribution is 2.12. The van der Waals surface area contributed by atoms with Crippen LogP contribution in [0.4, 0.5) is 18.7 Å². The van der Waals surface area contributed by atoms with Gasteiger partial charge in [-0.25, -0.2) is 13.6 Å². The van der Waals surface area contributed by atoms with Crippen molar-refractivity contribution in [3.8, 4) is 0 Å². The van der Waals surface area contributed by atoms with E-state index in [0.29, 0.717) is 10.7 Å². The Morgan fingerprint density at radius 3 is 2.84 bits per heavy atom. The molecule has 0 spiro atoms. The first-order chi connectivity index (χ1) is 9.06. The van der Waals surface area contributed by atoms with E-state index in [1.165, 1.54) is 34.9 Å². The zero-order chi connectivity index (χ0) is 13.8. The molecule has 2 rings (SSSR count). The van der Waals surface area contributed by atoms with Crippen LogP contribution < -0.4 is 5.32 Å². The first kappa shape index (κ1) is 13.3. The number of aromatic nitrogens is 2. The molecule has 0 fully saturated rings. The van der Waals surface area contributed by atoms with Gasteiger partial charge < -0.3 is 4.90 Å². The highest BCUT2D eigenvalue weighted by atomic mass is 32.1. The van der Waals surface area contributed by atoms with E-state index in [2.05, 4.69) is 15.5 Å². The largest absolute Gasteiger partial charge is 0.323 e. The number of nitrogens with zero attached hydrogens (tertiary/aromatic N) is 3. The van der Waals surface area contributed by atoms with Crippen LogP contribution in [0.2, 0.25) is 0 Å². The van der Waals surface area contributed by atoms with Crippen LogP contribution in [-0.4, -0.2) is 28.2 Å². The fourth-order valence-corrected chi connectivity index (χ4v) is 1.83. The van der Waals surface area contributed by atoms with Crippen molar-refractivity contribution in [2.75, 3.05) is 12.4 Å². The summed E-state index contributed by atoms with van der Waals surface area (Å²) in [6.07, 6.45) is 0. The Morgan fingerprint density at radius 1 is 1.42 bits per heavy atom. The van der Waals surface area contributed by atoms with E-state index in [-0.39, 0.29) is 6.54 Å². The monoisotopic (exact) mass is 284 g/mol. The molecule has 0 bridgehead atoms. The number of anilines is 1. The molecular weight excluding hydrogens is 274 g/mol. The summed E-state index contributed by atoms with van der Waals surface area (Å²) in [5.41, 5.74) is 1.99. The van der Waals surface area contributed by atoms with Gasteiger partial charge in [0.05, 0.1) is 0 Å². The number of carbonyl (C=O) groups is 1. The van der Waals surface area contributed by atoms with Gasteiger partial charge in [-0.3, -0.25) is 5.32 Å². The number of amides is 2. The molecule has 100 valence electrons. The second-order valence-corrected chi connectivity index (χ2v) is 4.61. The minimum Gasteiger partial charge on any atom is -0.323 e. The van der Waals surface area contributed by atoms with E-state index in [1.54, 1.807) is 0 Å². The molecule has 0 aliphatic heterocycles. The van der Waals surface area contributed by atoms with Gasteiger partial charge in [-0.2, -0.15) is 0 Å². The number of hydrogen-bond donors (Lipinski definition) is 1. The van der Waals surface area contributed by atoms with Gasteiger partial charge in [0, 0.05) is 13.6 Å². The van der Waals surface area contributed by atoms with Gasteiger partial charge in [-0.15, -0.1) is 10.2 Å². The highest BCUT2D eigenvalue weighted by Gasteiger charge is 2.12. The SMILES string of the molecule is CN(Cc1ccc(F)c(F)c1)C(=O)Nc1nncs1. The third kappa shape index (κ3) is 3.44. The molecule has 1 N–H and O–H groups in total. The van der Waals surface area contributed by atoms with Crippen molar-refractivity contribution < 1.29 is 13.6 Å². The molecule has 2 aromatic rings. The first-order valence-electron chi connectivity index (χ1n) is 5.28. The number of urea groups is 1. The molecule has 0 atom stereocenters. The average Bonchev–Trinajstić information content (AvgIpc) is 2.86. The molecule has 2 amide bonds. The zero-order valence-electron chi connectivity index (χ0n) is 9.93. The van der Waals surface area contributed by atoms with Crippen molar-refractivity contribution in [1.82, 2.24) is 15.1 Å². The maximum Gasteiger partial charge on any atom is 0.323 e. The van der Waals surface area contributed by atoms with Crippen LogP contribution in [0, 0.1) is 11.6 Å². The lowest BCUT2D eigenvalue weighted by Gasteiger charge is -2.16. The van der Waals surface area contributed by atoms with E-state index in [1.807, 2.05) is 0 Å². The van der Waals surface area contributed by atoms with Crippen molar-refractivity contribution in [2.24, 2.45) is 0 Å². The Hall–Kier alpha value is -2.09. The normalized spacial score (nSPS) is 10.3. The fourth-order valence-electron chi connectivity index (χ4n) is 1.40. The van der Waals surface area contributed by atoms with Crippen molar-refractivity contribution in [3.05, 3.63) is 40.9 Å². The summed E-state index contributed by atoms with van der Waals surface area (Å²) in [6.45, 7) is 0.155. The van der Waals surface area contributed by atoms with Crippen LogP contribution >= 0.6 is 11.3 Å². The summed E-state index contributed by atoms with van der Waals surface area (Å²) in [6, 6.07) is 3.11. The average molecular weight is 284 g/mol. The maximum atomic E-state index is 13.0. The molecule has 8 heteroatoms. The van der Waals surface area contributed by atoms with E-state index in [0.717, 1.165) is 12.1 Å². The molecule has 5 nitrogen and oxygen atoms in total. The minimum atomic E-state index is -0.935. The lowest BCUT2D eigenvalue weighted by Crippen LogP contribution is -2.30. The van der Waals surface area contributed by atoms with Gasteiger partial charge in [0.2, 0.25) is 5.13 Å². The summed E-state index contributed by atoms with van der Waals surface area (Å²) >= 11 is 1.19. The van der Waals surface area contributed by atoms with Gasteiger partial charge in [0.1, 0.15) is 5.51 Å². The predicted octanol–water partition coefficient (Wildman–Crippen LogP) is 2.48. The maximum absolute atomic E-state index is 13.0.